The van der Waals surface area contributed by atoms with Crippen molar-refractivity contribution >= 4 is 0 Å². The average Bonchev–Trinajstić information content (AvgIpc) is 2.88. The van der Waals surface area contributed by atoms with Crippen molar-refractivity contribution in [3.63, 3.8) is 0 Å². The van der Waals surface area contributed by atoms with E-state index >= 15 is 0 Å². The fraction of sp³-hybridized carbons (Fsp3) is 0.429. The van der Waals surface area contributed by atoms with Crippen molar-refractivity contribution in [1.82, 2.24) is 10.1 Å². The van der Waals surface area contributed by atoms with Crippen molar-refractivity contribution in [3.8, 4) is 11.4 Å². The van der Waals surface area contributed by atoms with Gasteiger partial charge in [-0.15, -0.1) is 0 Å². The molecule has 0 saturated heterocycles. The molecule has 0 radical (unpaired) electrons. The summed E-state index contributed by atoms with van der Waals surface area (Å²) < 4.78 is 18.4. The van der Waals surface area contributed by atoms with Crippen LogP contribution in [0, 0.1) is 12.7 Å². The molecule has 0 aliphatic carbocycles. The Hall–Kier alpha value is -1.75. The highest BCUT2D eigenvalue weighted by molar-refractivity contribution is 5.59. The smallest absolute Gasteiger partial charge is 0.247 e. The van der Waals surface area contributed by atoms with Crippen LogP contribution in [0.4, 0.5) is 4.39 Å². The van der Waals surface area contributed by atoms with E-state index in [2.05, 4.69) is 10.1 Å². The van der Waals surface area contributed by atoms with Gasteiger partial charge in [-0.05, 0) is 43.5 Å². The van der Waals surface area contributed by atoms with Gasteiger partial charge in [-0.1, -0.05) is 19.0 Å². The molecule has 0 unspecified atom stereocenters. The number of hydrogen-bond acceptors (Lipinski definition) is 4. The molecular weight excluding hydrogens is 245 g/mol. The van der Waals surface area contributed by atoms with E-state index < -0.39 is 5.54 Å². The maximum absolute atomic E-state index is 13.1. The zero-order valence-corrected chi connectivity index (χ0v) is 11.4. The predicted octanol–water partition coefficient (Wildman–Crippen LogP) is 3.16. The van der Waals surface area contributed by atoms with E-state index in [0.717, 1.165) is 11.1 Å². The van der Waals surface area contributed by atoms with Crippen LogP contribution in [0.15, 0.2) is 22.7 Å². The summed E-state index contributed by atoms with van der Waals surface area (Å²) in [6.07, 6.45) is 1.43. The summed E-state index contributed by atoms with van der Waals surface area (Å²) >= 11 is 0. The Kier molecular flexibility index (Phi) is 3.66. The van der Waals surface area contributed by atoms with Crippen LogP contribution in [0.3, 0.4) is 0 Å². The molecule has 0 saturated carbocycles. The largest absolute Gasteiger partial charge is 0.337 e. The zero-order valence-electron chi connectivity index (χ0n) is 11.4. The molecule has 5 heteroatoms. The van der Waals surface area contributed by atoms with Crippen molar-refractivity contribution < 1.29 is 8.91 Å². The van der Waals surface area contributed by atoms with Crippen LogP contribution in [0.25, 0.3) is 11.4 Å². The van der Waals surface area contributed by atoms with Gasteiger partial charge in [-0.3, -0.25) is 0 Å². The molecule has 19 heavy (non-hydrogen) atoms. The van der Waals surface area contributed by atoms with E-state index in [0.29, 0.717) is 24.6 Å². The molecule has 0 aliphatic rings. The summed E-state index contributed by atoms with van der Waals surface area (Å²) in [6, 6.07) is 4.48. The van der Waals surface area contributed by atoms with Crippen LogP contribution in [0.1, 0.15) is 38.1 Å². The lowest BCUT2D eigenvalue weighted by Crippen LogP contribution is -2.35. The van der Waals surface area contributed by atoms with Crippen molar-refractivity contribution in [1.29, 1.82) is 0 Å². The first-order valence-electron chi connectivity index (χ1n) is 6.39. The van der Waals surface area contributed by atoms with Gasteiger partial charge in [0.15, 0.2) is 0 Å². The van der Waals surface area contributed by atoms with Gasteiger partial charge in [0.05, 0.1) is 5.54 Å². The summed E-state index contributed by atoms with van der Waals surface area (Å²) in [5.41, 5.74) is 7.14. The summed E-state index contributed by atoms with van der Waals surface area (Å²) in [7, 11) is 0. The van der Waals surface area contributed by atoms with Crippen LogP contribution in [-0.2, 0) is 5.54 Å². The monoisotopic (exact) mass is 263 g/mol. The molecule has 1 aromatic heterocycles. The first kappa shape index (κ1) is 13.7. The minimum Gasteiger partial charge on any atom is -0.337 e. The predicted molar refractivity (Wildman–Crippen MR) is 70.9 cm³/mol. The first-order valence-corrected chi connectivity index (χ1v) is 6.39. The van der Waals surface area contributed by atoms with Crippen LogP contribution in [0.2, 0.25) is 0 Å². The van der Waals surface area contributed by atoms with E-state index in [1.807, 2.05) is 20.8 Å². The summed E-state index contributed by atoms with van der Waals surface area (Å²) in [4.78, 5) is 4.36. The summed E-state index contributed by atoms with van der Waals surface area (Å²) in [6.45, 7) is 5.77. The van der Waals surface area contributed by atoms with Gasteiger partial charge in [0.25, 0.3) is 0 Å². The molecule has 1 heterocycles. The molecule has 1 aromatic carbocycles. The Morgan fingerprint density at radius 2 is 2.00 bits per heavy atom. The number of halogens is 1. The molecule has 2 N–H and O–H groups in total. The molecule has 0 amide bonds. The fourth-order valence-electron chi connectivity index (χ4n) is 1.97. The van der Waals surface area contributed by atoms with E-state index in [4.69, 9.17) is 10.3 Å². The molecule has 0 aliphatic heterocycles. The SMILES string of the molecule is CCC(N)(CC)c1nc(-c2ccc(F)cc2C)no1. The second kappa shape index (κ2) is 5.09. The van der Waals surface area contributed by atoms with E-state index in [-0.39, 0.29) is 5.82 Å². The Balaban J connectivity index is 2.41. The zero-order chi connectivity index (χ0) is 14.0. The number of aryl methyl sites for hydroxylation is 1. The van der Waals surface area contributed by atoms with Gasteiger partial charge in [0, 0.05) is 5.56 Å². The van der Waals surface area contributed by atoms with E-state index in [9.17, 15) is 4.39 Å². The summed E-state index contributed by atoms with van der Waals surface area (Å²) in [5, 5.41) is 3.95. The molecule has 2 rings (SSSR count). The highest BCUT2D eigenvalue weighted by Crippen LogP contribution is 2.27. The van der Waals surface area contributed by atoms with Crippen LogP contribution >= 0.6 is 0 Å². The Bertz CT molecular complexity index is 576. The molecule has 4 nitrogen and oxygen atoms in total. The molecular formula is C14H18FN3O. The van der Waals surface area contributed by atoms with Gasteiger partial charge in [-0.2, -0.15) is 4.98 Å². The summed E-state index contributed by atoms with van der Waals surface area (Å²) in [5.74, 6) is 0.598. The minimum atomic E-state index is -0.598. The fourth-order valence-corrected chi connectivity index (χ4v) is 1.97. The maximum atomic E-state index is 13.1. The number of hydrogen-bond donors (Lipinski definition) is 1. The molecule has 0 fully saturated rings. The second-order valence-electron chi connectivity index (χ2n) is 4.75. The molecule has 2 aromatic rings. The Labute approximate surface area is 111 Å². The highest BCUT2D eigenvalue weighted by atomic mass is 19.1. The third kappa shape index (κ3) is 2.51. The molecule has 0 bridgehead atoms. The minimum absolute atomic E-state index is 0.278. The lowest BCUT2D eigenvalue weighted by atomic mass is 9.94. The highest BCUT2D eigenvalue weighted by Gasteiger charge is 2.30. The number of rotatable bonds is 4. The van der Waals surface area contributed by atoms with Crippen LogP contribution in [0.5, 0.6) is 0 Å². The van der Waals surface area contributed by atoms with Gasteiger partial charge < -0.3 is 10.3 Å². The van der Waals surface area contributed by atoms with E-state index in [1.165, 1.54) is 12.1 Å². The average molecular weight is 263 g/mol. The Morgan fingerprint density at radius 1 is 1.32 bits per heavy atom. The van der Waals surface area contributed by atoms with E-state index in [1.54, 1.807) is 6.07 Å². The third-order valence-electron chi connectivity index (χ3n) is 3.54. The van der Waals surface area contributed by atoms with Crippen molar-refractivity contribution in [2.45, 2.75) is 39.2 Å². The van der Waals surface area contributed by atoms with Crippen molar-refractivity contribution in [2.24, 2.45) is 5.73 Å². The van der Waals surface area contributed by atoms with Gasteiger partial charge in [0.2, 0.25) is 11.7 Å². The van der Waals surface area contributed by atoms with Gasteiger partial charge in [-0.25, -0.2) is 4.39 Å². The number of nitrogens with two attached hydrogens (primary N) is 1. The number of nitrogens with zero attached hydrogens (tertiary/aromatic N) is 2. The number of benzene rings is 1. The molecule has 0 spiro atoms. The normalized spacial score (nSPS) is 11.8. The first-order chi connectivity index (χ1) is 9.00. The van der Waals surface area contributed by atoms with Gasteiger partial charge >= 0.3 is 0 Å². The second-order valence-corrected chi connectivity index (χ2v) is 4.75. The topological polar surface area (TPSA) is 64.9 Å². The Morgan fingerprint density at radius 3 is 2.58 bits per heavy atom. The van der Waals surface area contributed by atoms with Crippen molar-refractivity contribution in [2.75, 3.05) is 0 Å². The molecule has 0 atom stereocenters. The lowest BCUT2D eigenvalue weighted by Gasteiger charge is -2.20. The van der Waals surface area contributed by atoms with Crippen molar-refractivity contribution in [3.05, 3.63) is 35.5 Å². The number of aromatic nitrogens is 2. The third-order valence-corrected chi connectivity index (χ3v) is 3.54. The van der Waals surface area contributed by atoms with Crippen LogP contribution < -0.4 is 5.73 Å². The van der Waals surface area contributed by atoms with Gasteiger partial charge in [0.1, 0.15) is 5.82 Å². The maximum Gasteiger partial charge on any atom is 0.247 e. The standard InChI is InChI=1S/C14H18FN3O/c1-4-14(16,5-2)13-17-12(18-19-13)11-7-6-10(15)8-9(11)3/h6-8H,4-5,16H2,1-3H3. The van der Waals surface area contributed by atoms with Crippen LogP contribution in [-0.4, -0.2) is 10.1 Å². The lowest BCUT2D eigenvalue weighted by molar-refractivity contribution is 0.268. The quantitative estimate of drug-likeness (QED) is 0.920. The molecule has 102 valence electrons.